The zero-order valence-corrected chi connectivity index (χ0v) is 22.3. The van der Waals surface area contributed by atoms with Gasteiger partial charge in [-0.25, -0.2) is 0 Å². The molecule has 0 fully saturated rings. The standard InChI is InChI=1S/C14H2F24O9S2/c15-3(16)1(5(19,20)7(23,9(25,26)27)46-11(31,32)13(35,36)48(39,40)41)45-2(4(17)18)6(21,22)8(24,10(28,29)30)47-12(33,34)14(37,38)49(42,43)44/h(H,39,40,41)(H,42,43,44). The predicted octanol–water partition coefficient (Wildman–Crippen LogP) is 7.13. The van der Waals surface area contributed by atoms with Gasteiger partial charge in [-0.05, 0) is 0 Å². The summed E-state index contributed by atoms with van der Waals surface area (Å²) in [6.45, 7) is 0. The van der Waals surface area contributed by atoms with E-state index in [1.807, 2.05) is 4.74 Å². The molecule has 0 spiro atoms. The van der Waals surface area contributed by atoms with E-state index >= 15 is 0 Å². The summed E-state index contributed by atoms with van der Waals surface area (Å²) in [6, 6.07) is 0. The molecule has 2 atom stereocenters. The van der Waals surface area contributed by atoms with Crippen molar-refractivity contribution in [2.75, 3.05) is 0 Å². The van der Waals surface area contributed by atoms with Gasteiger partial charge >= 0.3 is 91.0 Å². The van der Waals surface area contributed by atoms with Gasteiger partial charge in [0.1, 0.15) is 0 Å². The third-order valence-electron chi connectivity index (χ3n) is 4.52. The lowest BCUT2D eigenvalue weighted by molar-refractivity contribution is -0.478. The van der Waals surface area contributed by atoms with Crippen LogP contribution in [-0.2, 0) is 34.4 Å². The first-order valence-corrected chi connectivity index (χ1v) is 12.6. The van der Waals surface area contributed by atoms with Crippen molar-refractivity contribution in [2.45, 2.75) is 58.6 Å². The molecule has 0 saturated carbocycles. The molecule has 2 unspecified atom stereocenters. The Morgan fingerprint density at radius 1 is 0.429 bits per heavy atom. The molecule has 49 heavy (non-hydrogen) atoms. The first-order chi connectivity index (χ1) is 20.8. The molecule has 292 valence electrons. The van der Waals surface area contributed by atoms with Gasteiger partial charge in [0.2, 0.25) is 11.5 Å². The molecule has 2 N–H and O–H groups in total. The fourth-order valence-electron chi connectivity index (χ4n) is 2.21. The predicted molar refractivity (Wildman–Crippen MR) is 94.3 cm³/mol. The van der Waals surface area contributed by atoms with Crippen LogP contribution in [0.15, 0.2) is 23.7 Å². The molecule has 0 saturated heterocycles. The number of hydrogen-bond acceptors (Lipinski definition) is 7. The summed E-state index contributed by atoms with van der Waals surface area (Å²) in [5.74, 6) is -45.6. The molecule has 9 nitrogen and oxygen atoms in total. The molecule has 0 aliphatic rings. The molecule has 0 aromatic rings. The molecule has 0 aromatic heterocycles. The SMILES string of the molecule is O=S(=O)(O)C(F)(F)C(F)(F)OC(F)(C(F)(F)F)C(F)(F)C(OC(=C(F)F)C(F)(F)C(F)(OC(F)(F)C(F)(F)S(=O)(=O)O)C(F)(F)F)=C(F)F. The third kappa shape index (κ3) is 7.67. The van der Waals surface area contributed by atoms with Gasteiger partial charge in [0, 0.05) is 0 Å². The van der Waals surface area contributed by atoms with Crippen LogP contribution in [0, 0.1) is 0 Å². The van der Waals surface area contributed by atoms with Crippen LogP contribution in [0.5, 0.6) is 0 Å². The quantitative estimate of drug-likeness (QED) is 0.107. The minimum absolute atomic E-state index is 1.22. The highest BCUT2D eigenvalue weighted by Gasteiger charge is 2.85. The van der Waals surface area contributed by atoms with E-state index < -0.39 is 103 Å². The van der Waals surface area contributed by atoms with Gasteiger partial charge in [0.15, 0.2) is 0 Å². The van der Waals surface area contributed by atoms with Crippen LogP contribution in [0.4, 0.5) is 105 Å². The van der Waals surface area contributed by atoms with E-state index in [0.29, 0.717) is 0 Å². The van der Waals surface area contributed by atoms with Crippen molar-refractivity contribution >= 4 is 20.2 Å². The second-order valence-corrected chi connectivity index (χ2v) is 10.8. The maximum atomic E-state index is 14.4. The number of rotatable bonds is 14. The minimum Gasteiger partial charge on any atom is -0.442 e. The molecule has 0 rings (SSSR count). The zero-order chi connectivity index (χ0) is 40.4. The first-order valence-electron chi connectivity index (χ1n) is 9.70. The van der Waals surface area contributed by atoms with Crippen LogP contribution in [0.25, 0.3) is 0 Å². The fourth-order valence-corrected chi connectivity index (χ4v) is 2.89. The van der Waals surface area contributed by atoms with Crippen molar-refractivity contribution in [3.05, 3.63) is 23.7 Å². The van der Waals surface area contributed by atoms with Crippen LogP contribution in [0.1, 0.15) is 0 Å². The number of halogens is 24. The maximum absolute atomic E-state index is 14.4. The van der Waals surface area contributed by atoms with E-state index in [1.165, 1.54) is 9.47 Å². The van der Waals surface area contributed by atoms with Crippen LogP contribution in [0.3, 0.4) is 0 Å². The molecule has 0 bridgehead atoms. The second kappa shape index (κ2) is 12.5. The average Bonchev–Trinajstić information content (AvgIpc) is 2.79. The van der Waals surface area contributed by atoms with E-state index in [9.17, 15) is 122 Å². The van der Waals surface area contributed by atoms with Crippen molar-refractivity contribution in [1.29, 1.82) is 0 Å². The smallest absolute Gasteiger partial charge is 0.442 e. The lowest BCUT2D eigenvalue weighted by Crippen LogP contribution is -2.65. The van der Waals surface area contributed by atoms with Crippen molar-refractivity contribution in [3.8, 4) is 0 Å². The molecule has 0 aliphatic carbocycles. The summed E-state index contributed by atoms with van der Waals surface area (Å²) in [4.78, 5) is 0. The Hall–Kier alpha value is -2.66. The highest BCUT2D eigenvalue weighted by atomic mass is 32.2. The molecule has 0 radical (unpaired) electrons. The van der Waals surface area contributed by atoms with Crippen molar-refractivity contribution in [1.82, 2.24) is 0 Å². The van der Waals surface area contributed by atoms with Gasteiger partial charge < -0.3 is 4.74 Å². The summed E-state index contributed by atoms with van der Waals surface area (Å²) < 4.78 is 385. The Bertz CT molecular complexity index is 1420. The van der Waals surface area contributed by atoms with Crippen LogP contribution < -0.4 is 0 Å². The molecule has 0 heterocycles. The maximum Gasteiger partial charge on any atom is 0.460 e. The Morgan fingerprint density at radius 2 is 0.633 bits per heavy atom. The van der Waals surface area contributed by atoms with Crippen molar-refractivity contribution in [2.24, 2.45) is 0 Å². The Labute approximate surface area is 249 Å². The van der Waals surface area contributed by atoms with Gasteiger partial charge in [-0.2, -0.15) is 122 Å². The number of ether oxygens (including phenoxy) is 3. The lowest BCUT2D eigenvalue weighted by atomic mass is 10.1. The Balaban J connectivity index is 7.82. The van der Waals surface area contributed by atoms with Gasteiger partial charge in [-0.15, -0.1) is 0 Å². The van der Waals surface area contributed by atoms with Crippen molar-refractivity contribution in [3.63, 3.8) is 0 Å². The highest BCUT2D eigenvalue weighted by Crippen LogP contribution is 2.59. The molecule has 0 aromatic carbocycles. The molecule has 0 amide bonds. The zero-order valence-electron chi connectivity index (χ0n) is 20.6. The van der Waals surface area contributed by atoms with Gasteiger partial charge in [-0.1, -0.05) is 0 Å². The monoisotopic (exact) mass is 834 g/mol. The molecular formula is C14H2F24O9S2. The fraction of sp³-hybridized carbons (Fsp3) is 0.714. The van der Waals surface area contributed by atoms with Crippen molar-refractivity contribution < 1.29 is 146 Å². The molecular weight excluding hydrogens is 832 g/mol. The average molecular weight is 834 g/mol. The summed E-state index contributed by atoms with van der Waals surface area (Å²) in [5.41, 5.74) is 0. The van der Waals surface area contributed by atoms with Gasteiger partial charge in [0.25, 0.3) is 0 Å². The minimum atomic E-state index is -8.65. The second-order valence-electron chi connectivity index (χ2n) is 7.84. The molecule has 0 aliphatic heterocycles. The van der Waals surface area contributed by atoms with E-state index in [2.05, 4.69) is 0 Å². The summed E-state index contributed by atoms with van der Waals surface area (Å²) in [5, 5.41) is -15.6. The Kier molecular flexibility index (Phi) is 11.9. The summed E-state index contributed by atoms with van der Waals surface area (Å²) in [7, 11) is -16.0. The van der Waals surface area contributed by atoms with E-state index in [-0.39, 0.29) is 0 Å². The van der Waals surface area contributed by atoms with E-state index in [1.54, 1.807) is 0 Å². The van der Waals surface area contributed by atoms with Crippen LogP contribution in [0.2, 0.25) is 0 Å². The largest absolute Gasteiger partial charge is 0.460 e. The normalized spacial score (nSPS) is 17.6. The van der Waals surface area contributed by atoms with E-state index in [4.69, 9.17) is 9.11 Å². The number of alkyl halides is 20. The third-order valence-corrected chi connectivity index (χ3v) is 6.29. The highest BCUT2D eigenvalue weighted by molar-refractivity contribution is 7.87. The van der Waals surface area contributed by atoms with Crippen LogP contribution >= 0.6 is 0 Å². The van der Waals surface area contributed by atoms with Gasteiger partial charge in [0.05, 0.1) is 0 Å². The van der Waals surface area contributed by atoms with Gasteiger partial charge in [-0.3, -0.25) is 18.6 Å². The number of hydrogen-bond donors (Lipinski definition) is 2. The molecule has 35 heteroatoms. The van der Waals surface area contributed by atoms with E-state index in [0.717, 1.165) is 0 Å². The summed E-state index contributed by atoms with van der Waals surface area (Å²) >= 11 is 0. The lowest BCUT2D eigenvalue weighted by Gasteiger charge is -2.39. The Morgan fingerprint density at radius 3 is 0.776 bits per heavy atom. The first kappa shape index (κ1) is 46.3. The van der Waals surface area contributed by atoms with Crippen LogP contribution in [-0.4, -0.2) is 84.6 Å². The topological polar surface area (TPSA) is 136 Å². The summed E-state index contributed by atoms with van der Waals surface area (Å²) in [6.07, 6.45) is -44.0.